The van der Waals surface area contributed by atoms with Crippen molar-refractivity contribution in [2.24, 2.45) is 0 Å². The monoisotopic (exact) mass is 274 g/mol. The lowest BCUT2D eigenvalue weighted by Gasteiger charge is -2.14. The second-order valence-electron chi connectivity index (χ2n) is 4.33. The molecule has 0 aromatic heterocycles. The maximum Gasteiger partial charge on any atom is 0.265 e. The van der Waals surface area contributed by atoms with Gasteiger partial charge in [-0.05, 0) is 43.3 Å². The minimum absolute atomic E-state index is 0.310. The Bertz CT molecular complexity index is 599. The summed E-state index contributed by atoms with van der Waals surface area (Å²) in [5.41, 5.74) is 6.80. The van der Waals surface area contributed by atoms with Crippen molar-refractivity contribution in [3.8, 4) is 5.75 Å². The number of hydrogen-bond donors (Lipinski definition) is 2. The van der Waals surface area contributed by atoms with Crippen LogP contribution in [0.4, 0.5) is 15.8 Å². The van der Waals surface area contributed by atoms with E-state index >= 15 is 0 Å². The van der Waals surface area contributed by atoms with Crippen LogP contribution in [-0.4, -0.2) is 12.0 Å². The van der Waals surface area contributed by atoms with Gasteiger partial charge < -0.3 is 15.8 Å². The molecule has 1 amide bonds. The van der Waals surface area contributed by atoms with Crippen LogP contribution in [0.3, 0.4) is 0 Å². The first-order chi connectivity index (χ1) is 9.54. The number of rotatable bonds is 4. The normalized spacial score (nSPS) is 11.7. The molecule has 0 radical (unpaired) electrons. The second kappa shape index (κ2) is 6.06. The Balaban J connectivity index is 1.96. The van der Waals surface area contributed by atoms with Crippen LogP contribution in [0.15, 0.2) is 48.5 Å². The molecule has 4 nitrogen and oxygen atoms in total. The number of nitrogens with one attached hydrogen (secondary N) is 1. The molecule has 3 N–H and O–H groups in total. The standard InChI is InChI=1S/C15H15FN2O2/c1-10(20-14-4-2-3-11(16)9-14)15(19)18-13-7-5-12(17)6-8-13/h2-10H,17H2,1H3,(H,18,19). The van der Waals surface area contributed by atoms with E-state index < -0.39 is 11.9 Å². The van der Waals surface area contributed by atoms with E-state index in [1.54, 1.807) is 37.3 Å². The fourth-order valence-electron chi connectivity index (χ4n) is 1.61. The topological polar surface area (TPSA) is 64.3 Å². The first kappa shape index (κ1) is 13.9. The maximum absolute atomic E-state index is 13.0. The summed E-state index contributed by atoms with van der Waals surface area (Å²) in [5, 5.41) is 2.69. The molecule has 0 spiro atoms. The molecule has 2 aromatic carbocycles. The predicted molar refractivity (Wildman–Crippen MR) is 76.0 cm³/mol. The number of nitrogen functional groups attached to an aromatic ring is 1. The van der Waals surface area contributed by atoms with E-state index in [1.165, 1.54) is 18.2 Å². The van der Waals surface area contributed by atoms with Crippen LogP contribution in [0.2, 0.25) is 0 Å². The molecule has 2 aromatic rings. The zero-order chi connectivity index (χ0) is 14.5. The third kappa shape index (κ3) is 3.71. The Morgan fingerprint density at radius 3 is 2.60 bits per heavy atom. The molecule has 0 aliphatic rings. The lowest BCUT2D eigenvalue weighted by atomic mass is 10.2. The molecule has 0 saturated carbocycles. The predicted octanol–water partition coefficient (Wildman–Crippen LogP) is 2.81. The van der Waals surface area contributed by atoms with Crippen molar-refractivity contribution in [1.29, 1.82) is 0 Å². The minimum atomic E-state index is -0.741. The van der Waals surface area contributed by atoms with E-state index in [1.807, 2.05) is 0 Å². The average molecular weight is 274 g/mol. The van der Waals surface area contributed by atoms with Crippen LogP contribution in [-0.2, 0) is 4.79 Å². The number of amides is 1. The molecular weight excluding hydrogens is 259 g/mol. The van der Waals surface area contributed by atoms with Crippen molar-refractivity contribution in [3.63, 3.8) is 0 Å². The number of halogens is 1. The van der Waals surface area contributed by atoms with E-state index in [9.17, 15) is 9.18 Å². The molecule has 1 atom stereocenters. The first-order valence-electron chi connectivity index (χ1n) is 6.13. The van der Waals surface area contributed by atoms with Crippen LogP contribution in [0, 0.1) is 5.82 Å². The number of hydrogen-bond acceptors (Lipinski definition) is 3. The summed E-state index contributed by atoms with van der Waals surface area (Å²) >= 11 is 0. The highest BCUT2D eigenvalue weighted by atomic mass is 19.1. The van der Waals surface area contributed by atoms with Crippen molar-refractivity contribution in [1.82, 2.24) is 0 Å². The van der Waals surface area contributed by atoms with Gasteiger partial charge in [-0.2, -0.15) is 0 Å². The highest BCUT2D eigenvalue weighted by Crippen LogP contribution is 2.15. The summed E-state index contributed by atoms with van der Waals surface area (Å²) in [6.45, 7) is 1.59. The van der Waals surface area contributed by atoms with Gasteiger partial charge in [0.1, 0.15) is 11.6 Å². The van der Waals surface area contributed by atoms with Crippen molar-refractivity contribution in [3.05, 3.63) is 54.3 Å². The van der Waals surface area contributed by atoms with Crippen molar-refractivity contribution in [2.45, 2.75) is 13.0 Å². The number of carbonyl (C=O) groups excluding carboxylic acids is 1. The van der Waals surface area contributed by atoms with Gasteiger partial charge in [-0.15, -0.1) is 0 Å². The lowest BCUT2D eigenvalue weighted by molar-refractivity contribution is -0.122. The van der Waals surface area contributed by atoms with E-state index in [2.05, 4.69) is 5.32 Å². The van der Waals surface area contributed by atoms with Crippen LogP contribution in [0.1, 0.15) is 6.92 Å². The molecular formula is C15H15FN2O2. The van der Waals surface area contributed by atoms with Gasteiger partial charge in [-0.3, -0.25) is 4.79 Å². The molecule has 2 rings (SSSR count). The van der Waals surface area contributed by atoms with Crippen LogP contribution >= 0.6 is 0 Å². The van der Waals surface area contributed by atoms with Gasteiger partial charge in [0.25, 0.3) is 5.91 Å². The summed E-state index contributed by atoms with van der Waals surface area (Å²) in [7, 11) is 0. The van der Waals surface area contributed by atoms with E-state index in [0.717, 1.165) is 0 Å². The molecule has 20 heavy (non-hydrogen) atoms. The number of anilines is 2. The average Bonchev–Trinajstić information content (AvgIpc) is 2.41. The molecule has 1 unspecified atom stereocenters. The van der Waals surface area contributed by atoms with E-state index in [0.29, 0.717) is 17.1 Å². The quantitative estimate of drug-likeness (QED) is 0.843. The van der Waals surface area contributed by atoms with Gasteiger partial charge in [0.15, 0.2) is 6.10 Å². The molecule has 0 heterocycles. The number of carbonyl (C=O) groups is 1. The van der Waals surface area contributed by atoms with Gasteiger partial charge in [-0.25, -0.2) is 4.39 Å². The van der Waals surface area contributed by atoms with Crippen molar-refractivity contribution < 1.29 is 13.9 Å². The van der Waals surface area contributed by atoms with Crippen molar-refractivity contribution >= 4 is 17.3 Å². The Kier molecular flexibility index (Phi) is 4.20. The highest BCUT2D eigenvalue weighted by molar-refractivity contribution is 5.94. The van der Waals surface area contributed by atoms with Crippen LogP contribution in [0.5, 0.6) is 5.75 Å². The first-order valence-corrected chi connectivity index (χ1v) is 6.13. The largest absolute Gasteiger partial charge is 0.481 e. The molecule has 0 fully saturated rings. The fraction of sp³-hybridized carbons (Fsp3) is 0.133. The molecule has 0 aliphatic carbocycles. The Morgan fingerprint density at radius 2 is 1.95 bits per heavy atom. The Labute approximate surface area is 116 Å². The zero-order valence-electron chi connectivity index (χ0n) is 11.0. The summed E-state index contributed by atoms with van der Waals surface area (Å²) < 4.78 is 18.4. The van der Waals surface area contributed by atoms with Gasteiger partial charge >= 0.3 is 0 Å². The maximum atomic E-state index is 13.0. The highest BCUT2D eigenvalue weighted by Gasteiger charge is 2.15. The third-order valence-corrected chi connectivity index (χ3v) is 2.66. The SMILES string of the molecule is CC(Oc1cccc(F)c1)C(=O)Nc1ccc(N)cc1. The van der Waals surface area contributed by atoms with Gasteiger partial charge in [-0.1, -0.05) is 6.07 Å². The lowest BCUT2D eigenvalue weighted by Crippen LogP contribution is -2.30. The molecule has 0 saturated heterocycles. The van der Waals surface area contributed by atoms with Crippen LogP contribution in [0.25, 0.3) is 0 Å². The molecule has 5 heteroatoms. The minimum Gasteiger partial charge on any atom is -0.481 e. The van der Waals surface area contributed by atoms with Crippen molar-refractivity contribution in [2.75, 3.05) is 11.1 Å². The number of nitrogens with two attached hydrogens (primary N) is 1. The number of ether oxygens (including phenoxy) is 1. The summed E-state index contributed by atoms with van der Waals surface area (Å²) in [6.07, 6.45) is -0.741. The summed E-state index contributed by atoms with van der Waals surface area (Å²) in [4.78, 5) is 11.9. The second-order valence-corrected chi connectivity index (χ2v) is 4.33. The Hall–Kier alpha value is -2.56. The zero-order valence-corrected chi connectivity index (χ0v) is 11.0. The molecule has 0 aliphatic heterocycles. The number of benzene rings is 2. The third-order valence-electron chi connectivity index (χ3n) is 2.66. The molecule has 0 bridgehead atoms. The van der Waals surface area contributed by atoms with Gasteiger partial charge in [0, 0.05) is 17.4 Å². The van der Waals surface area contributed by atoms with Gasteiger partial charge in [0.2, 0.25) is 0 Å². The van der Waals surface area contributed by atoms with E-state index in [-0.39, 0.29) is 5.91 Å². The van der Waals surface area contributed by atoms with Gasteiger partial charge in [0.05, 0.1) is 0 Å². The summed E-state index contributed by atoms with van der Waals surface area (Å²) in [5.74, 6) is -0.419. The molecule has 104 valence electrons. The van der Waals surface area contributed by atoms with E-state index in [4.69, 9.17) is 10.5 Å². The summed E-state index contributed by atoms with van der Waals surface area (Å²) in [6, 6.07) is 12.4. The fourth-order valence-corrected chi connectivity index (χ4v) is 1.61. The Morgan fingerprint density at radius 1 is 1.25 bits per heavy atom. The van der Waals surface area contributed by atoms with Crippen LogP contribution < -0.4 is 15.8 Å². The smallest absolute Gasteiger partial charge is 0.265 e.